The Kier molecular flexibility index (Phi) is 6.02. The van der Waals surface area contributed by atoms with E-state index in [1.54, 1.807) is 0 Å². The molecule has 1 aliphatic heterocycles. The summed E-state index contributed by atoms with van der Waals surface area (Å²) in [5, 5.41) is 0. The highest BCUT2D eigenvalue weighted by molar-refractivity contribution is 7.99. The van der Waals surface area contributed by atoms with Gasteiger partial charge in [0, 0.05) is 24.7 Å². The monoisotopic (exact) mass is 230 g/mol. The molecule has 1 saturated heterocycles. The van der Waals surface area contributed by atoms with Crippen LogP contribution in [0.15, 0.2) is 0 Å². The van der Waals surface area contributed by atoms with E-state index in [0.717, 1.165) is 6.04 Å². The number of hydrogen-bond donors (Lipinski definition) is 1. The molecular weight excluding hydrogens is 204 g/mol. The maximum absolute atomic E-state index is 5.98. The molecule has 2 N–H and O–H groups in total. The first kappa shape index (κ1) is 13.3. The van der Waals surface area contributed by atoms with Crippen molar-refractivity contribution in [2.24, 2.45) is 5.73 Å². The average Bonchev–Trinajstić information content (AvgIpc) is 2.17. The molecule has 3 heteroatoms. The summed E-state index contributed by atoms with van der Waals surface area (Å²) in [7, 11) is 0. The predicted molar refractivity (Wildman–Crippen MR) is 70.5 cm³/mol. The van der Waals surface area contributed by atoms with Crippen LogP contribution in [0.5, 0.6) is 0 Å². The molecule has 0 aliphatic carbocycles. The van der Waals surface area contributed by atoms with E-state index >= 15 is 0 Å². The van der Waals surface area contributed by atoms with Gasteiger partial charge in [0.05, 0.1) is 0 Å². The minimum Gasteiger partial charge on any atom is -0.328 e. The lowest BCUT2D eigenvalue weighted by molar-refractivity contribution is 0.103. The van der Waals surface area contributed by atoms with Crippen LogP contribution < -0.4 is 5.73 Å². The van der Waals surface area contributed by atoms with E-state index in [4.69, 9.17) is 5.73 Å². The van der Waals surface area contributed by atoms with Crippen LogP contribution in [0, 0.1) is 0 Å². The SMILES string of the molecule is CCSCCC(C)N1CCC(N)CC1C. The summed E-state index contributed by atoms with van der Waals surface area (Å²) in [4.78, 5) is 2.64. The van der Waals surface area contributed by atoms with Gasteiger partial charge in [-0.2, -0.15) is 11.8 Å². The van der Waals surface area contributed by atoms with Gasteiger partial charge in [0.2, 0.25) is 0 Å². The van der Waals surface area contributed by atoms with Gasteiger partial charge in [0.1, 0.15) is 0 Å². The summed E-state index contributed by atoms with van der Waals surface area (Å²) in [5.74, 6) is 2.54. The molecule has 1 rings (SSSR count). The lowest BCUT2D eigenvalue weighted by Gasteiger charge is -2.40. The molecule has 90 valence electrons. The highest BCUT2D eigenvalue weighted by atomic mass is 32.2. The largest absolute Gasteiger partial charge is 0.328 e. The third-order valence-corrected chi connectivity index (χ3v) is 4.35. The van der Waals surface area contributed by atoms with Crippen LogP contribution in [-0.4, -0.2) is 41.1 Å². The van der Waals surface area contributed by atoms with Crippen molar-refractivity contribution >= 4 is 11.8 Å². The molecule has 1 fully saturated rings. The minimum absolute atomic E-state index is 0.438. The second-order valence-corrected chi connectivity index (χ2v) is 6.10. The molecule has 0 spiro atoms. The van der Waals surface area contributed by atoms with Crippen LogP contribution >= 0.6 is 11.8 Å². The zero-order chi connectivity index (χ0) is 11.3. The van der Waals surface area contributed by atoms with Gasteiger partial charge in [-0.25, -0.2) is 0 Å². The second-order valence-electron chi connectivity index (χ2n) is 4.71. The number of nitrogens with two attached hydrogens (primary N) is 1. The Morgan fingerprint density at radius 3 is 2.87 bits per heavy atom. The van der Waals surface area contributed by atoms with Crippen LogP contribution in [-0.2, 0) is 0 Å². The first-order valence-electron chi connectivity index (χ1n) is 6.24. The van der Waals surface area contributed by atoms with Gasteiger partial charge in [-0.1, -0.05) is 6.92 Å². The summed E-state index contributed by atoms with van der Waals surface area (Å²) in [6, 6.07) is 1.84. The summed E-state index contributed by atoms with van der Waals surface area (Å²) in [6.45, 7) is 8.12. The number of hydrogen-bond acceptors (Lipinski definition) is 3. The molecule has 0 aromatic heterocycles. The van der Waals surface area contributed by atoms with Gasteiger partial charge in [-0.05, 0) is 44.6 Å². The lowest BCUT2D eigenvalue weighted by Crippen LogP contribution is -2.49. The standard InChI is InChI=1S/C12H26N2S/c1-4-15-8-6-10(2)14-7-5-12(13)9-11(14)3/h10-12H,4-9,13H2,1-3H3. The van der Waals surface area contributed by atoms with Crippen molar-refractivity contribution in [1.82, 2.24) is 4.90 Å². The molecule has 0 saturated carbocycles. The predicted octanol–water partition coefficient (Wildman–Crippen LogP) is 2.33. The van der Waals surface area contributed by atoms with E-state index in [0.29, 0.717) is 12.1 Å². The first-order valence-corrected chi connectivity index (χ1v) is 7.39. The smallest absolute Gasteiger partial charge is 0.00845 e. The van der Waals surface area contributed by atoms with E-state index in [1.807, 2.05) is 0 Å². The van der Waals surface area contributed by atoms with Gasteiger partial charge in [-0.3, -0.25) is 4.90 Å². The Bertz CT molecular complexity index is 175. The second kappa shape index (κ2) is 6.77. The van der Waals surface area contributed by atoms with Gasteiger partial charge < -0.3 is 5.73 Å². The van der Waals surface area contributed by atoms with Crippen LogP contribution in [0.2, 0.25) is 0 Å². The summed E-state index contributed by atoms with van der Waals surface area (Å²) >= 11 is 2.05. The Hall–Kier alpha value is 0.270. The third kappa shape index (κ3) is 4.33. The molecule has 0 aromatic rings. The molecule has 0 aromatic carbocycles. The van der Waals surface area contributed by atoms with Gasteiger partial charge in [0.15, 0.2) is 0 Å². The molecule has 3 unspecified atom stereocenters. The molecule has 3 atom stereocenters. The number of rotatable bonds is 5. The van der Waals surface area contributed by atoms with Gasteiger partial charge >= 0.3 is 0 Å². The summed E-state index contributed by atoms with van der Waals surface area (Å²) < 4.78 is 0. The zero-order valence-electron chi connectivity index (χ0n) is 10.4. The van der Waals surface area contributed by atoms with Gasteiger partial charge in [-0.15, -0.1) is 0 Å². The Labute approximate surface area is 99.0 Å². The molecule has 1 aliphatic rings. The molecule has 0 amide bonds. The van der Waals surface area contributed by atoms with Crippen LogP contribution in [0.1, 0.15) is 40.0 Å². The molecule has 1 heterocycles. The third-order valence-electron chi connectivity index (χ3n) is 3.42. The van der Waals surface area contributed by atoms with Crippen LogP contribution in [0.4, 0.5) is 0 Å². The normalized spacial score (nSPS) is 30.4. The van der Waals surface area contributed by atoms with Crippen LogP contribution in [0.25, 0.3) is 0 Å². The fourth-order valence-electron chi connectivity index (χ4n) is 2.45. The van der Waals surface area contributed by atoms with Crippen LogP contribution in [0.3, 0.4) is 0 Å². The van der Waals surface area contributed by atoms with E-state index < -0.39 is 0 Å². The fourth-order valence-corrected chi connectivity index (χ4v) is 3.24. The summed E-state index contributed by atoms with van der Waals surface area (Å²) in [6.07, 6.45) is 3.67. The quantitative estimate of drug-likeness (QED) is 0.735. The summed E-state index contributed by atoms with van der Waals surface area (Å²) in [5.41, 5.74) is 5.98. The van der Waals surface area contributed by atoms with Crippen molar-refractivity contribution in [1.29, 1.82) is 0 Å². The maximum Gasteiger partial charge on any atom is 0.00845 e. The first-order chi connectivity index (χ1) is 7.15. The molecule has 2 nitrogen and oxygen atoms in total. The maximum atomic E-state index is 5.98. The van der Waals surface area contributed by atoms with Crippen molar-refractivity contribution in [2.75, 3.05) is 18.1 Å². The van der Waals surface area contributed by atoms with Crippen molar-refractivity contribution in [3.8, 4) is 0 Å². The Morgan fingerprint density at radius 1 is 1.53 bits per heavy atom. The number of likely N-dealkylation sites (tertiary alicyclic amines) is 1. The topological polar surface area (TPSA) is 29.3 Å². The van der Waals surface area contributed by atoms with Gasteiger partial charge in [0.25, 0.3) is 0 Å². The van der Waals surface area contributed by atoms with E-state index in [-0.39, 0.29) is 0 Å². The number of thioether (sulfide) groups is 1. The fraction of sp³-hybridized carbons (Fsp3) is 1.00. The highest BCUT2D eigenvalue weighted by Crippen LogP contribution is 2.20. The number of piperidine rings is 1. The number of nitrogens with zero attached hydrogens (tertiary/aromatic N) is 1. The van der Waals surface area contributed by atoms with Crippen molar-refractivity contribution in [3.05, 3.63) is 0 Å². The minimum atomic E-state index is 0.438. The van der Waals surface area contributed by atoms with E-state index in [2.05, 4.69) is 37.4 Å². The van der Waals surface area contributed by atoms with E-state index in [9.17, 15) is 0 Å². The Morgan fingerprint density at radius 2 is 2.27 bits per heavy atom. The molecular formula is C12H26N2S. The van der Waals surface area contributed by atoms with Crippen molar-refractivity contribution < 1.29 is 0 Å². The van der Waals surface area contributed by atoms with Crippen molar-refractivity contribution in [3.63, 3.8) is 0 Å². The average molecular weight is 230 g/mol. The molecule has 0 bridgehead atoms. The highest BCUT2D eigenvalue weighted by Gasteiger charge is 2.26. The zero-order valence-corrected chi connectivity index (χ0v) is 11.2. The Balaban J connectivity index is 2.28. The van der Waals surface area contributed by atoms with E-state index in [1.165, 1.54) is 37.3 Å². The molecule has 0 radical (unpaired) electrons. The van der Waals surface area contributed by atoms with Crippen molar-refractivity contribution in [2.45, 2.75) is 58.2 Å². The molecule has 15 heavy (non-hydrogen) atoms. The lowest BCUT2D eigenvalue weighted by atomic mass is 9.97.